The van der Waals surface area contributed by atoms with Crippen LogP contribution in [0.15, 0.2) is 42.6 Å². The lowest BCUT2D eigenvalue weighted by Gasteiger charge is -2.22. The lowest BCUT2D eigenvalue weighted by Crippen LogP contribution is -2.33. The fourth-order valence-electron chi connectivity index (χ4n) is 3.60. The average molecular weight is 431 g/mol. The van der Waals surface area contributed by atoms with Gasteiger partial charge in [-0.3, -0.25) is 14.1 Å². The molecule has 2 heterocycles. The molecular formula is C23H27F2N3O3. The Hall–Kier alpha value is -3.16. The number of nitrogens with zero attached hydrogens (tertiary/aromatic N) is 3. The van der Waals surface area contributed by atoms with Gasteiger partial charge in [0.25, 0.3) is 0 Å². The molecule has 6 nitrogen and oxygen atoms in total. The Morgan fingerprint density at radius 3 is 2.45 bits per heavy atom. The Balaban J connectivity index is 1.82. The second-order valence-corrected chi connectivity index (χ2v) is 7.31. The van der Waals surface area contributed by atoms with Crippen molar-refractivity contribution >= 4 is 17.4 Å². The first kappa shape index (κ1) is 22.5. The van der Waals surface area contributed by atoms with Gasteiger partial charge in [-0.2, -0.15) is 8.78 Å². The highest BCUT2D eigenvalue weighted by Crippen LogP contribution is 2.29. The van der Waals surface area contributed by atoms with Crippen LogP contribution in [0.25, 0.3) is 5.65 Å². The van der Waals surface area contributed by atoms with E-state index < -0.39 is 6.61 Å². The summed E-state index contributed by atoms with van der Waals surface area (Å²) in [6, 6.07) is 9.93. The molecule has 0 aliphatic carbocycles. The zero-order valence-electron chi connectivity index (χ0n) is 18.1. The Bertz CT molecular complexity index is 1030. The summed E-state index contributed by atoms with van der Waals surface area (Å²) in [5, 5.41) is 0. The van der Waals surface area contributed by atoms with Crippen LogP contribution in [0.2, 0.25) is 0 Å². The molecule has 8 heteroatoms. The summed E-state index contributed by atoms with van der Waals surface area (Å²) in [7, 11) is 1.77. The highest BCUT2D eigenvalue weighted by Gasteiger charge is 2.24. The number of fused-ring (bicyclic) bond motifs is 1. The Morgan fingerprint density at radius 2 is 1.84 bits per heavy atom. The van der Waals surface area contributed by atoms with E-state index in [1.54, 1.807) is 24.1 Å². The highest BCUT2D eigenvalue weighted by atomic mass is 19.3. The highest BCUT2D eigenvalue weighted by molar-refractivity contribution is 5.94. The van der Waals surface area contributed by atoms with Gasteiger partial charge in [0.1, 0.15) is 18.2 Å². The van der Waals surface area contributed by atoms with E-state index in [4.69, 9.17) is 4.74 Å². The third-order valence-electron chi connectivity index (χ3n) is 5.28. The van der Waals surface area contributed by atoms with E-state index in [2.05, 4.69) is 9.72 Å². The zero-order chi connectivity index (χ0) is 22.5. The average Bonchev–Trinajstić information content (AvgIpc) is 3.09. The minimum absolute atomic E-state index is 0.0357. The van der Waals surface area contributed by atoms with E-state index in [0.717, 1.165) is 24.1 Å². The SMILES string of the molecule is CCC(CC)C(=O)N(C)c1c(C)nc2c(OCc3ccc(OC(F)F)cc3)cccn12. The van der Waals surface area contributed by atoms with Gasteiger partial charge in [0.05, 0.1) is 5.69 Å². The number of pyridine rings is 1. The molecule has 1 aromatic carbocycles. The van der Waals surface area contributed by atoms with E-state index >= 15 is 0 Å². The van der Waals surface area contributed by atoms with Crippen molar-refractivity contribution < 1.29 is 23.0 Å². The summed E-state index contributed by atoms with van der Waals surface area (Å²) in [6.07, 6.45) is 3.42. The van der Waals surface area contributed by atoms with Gasteiger partial charge in [0.15, 0.2) is 11.4 Å². The van der Waals surface area contributed by atoms with E-state index in [0.29, 0.717) is 17.2 Å². The largest absolute Gasteiger partial charge is 0.485 e. The van der Waals surface area contributed by atoms with E-state index in [1.807, 2.05) is 43.5 Å². The molecule has 166 valence electrons. The van der Waals surface area contributed by atoms with Gasteiger partial charge in [-0.1, -0.05) is 26.0 Å². The minimum Gasteiger partial charge on any atom is -0.485 e. The van der Waals surface area contributed by atoms with Crippen LogP contribution in [0, 0.1) is 12.8 Å². The standard InChI is InChI=1S/C23H27F2N3O3/c1-5-17(6-2)22(29)27(4)21-15(3)26-20-19(8-7-13-28(20)21)30-14-16-9-11-18(12-10-16)31-23(24)25/h7-13,17,23H,5-6,14H2,1-4H3. The van der Waals surface area contributed by atoms with E-state index in [9.17, 15) is 13.6 Å². The van der Waals surface area contributed by atoms with Gasteiger partial charge < -0.3 is 9.47 Å². The molecule has 0 radical (unpaired) electrons. The summed E-state index contributed by atoms with van der Waals surface area (Å²) in [6.45, 7) is 3.27. The van der Waals surface area contributed by atoms with Crippen LogP contribution in [0.1, 0.15) is 37.9 Å². The second-order valence-electron chi connectivity index (χ2n) is 7.31. The quantitative estimate of drug-likeness (QED) is 0.466. The molecule has 0 aliphatic heterocycles. The number of carbonyl (C=O) groups excluding carboxylic acids is 1. The normalized spacial score (nSPS) is 11.4. The van der Waals surface area contributed by atoms with Crippen molar-refractivity contribution in [2.24, 2.45) is 5.92 Å². The van der Waals surface area contributed by atoms with Crippen LogP contribution in [-0.4, -0.2) is 29.0 Å². The molecule has 2 aromatic heterocycles. The number of aryl methyl sites for hydroxylation is 1. The first-order chi connectivity index (χ1) is 14.8. The van der Waals surface area contributed by atoms with Crippen LogP contribution in [-0.2, 0) is 11.4 Å². The molecule has 0 N–H and O–H groups in total. The Labute approximate surface area is 180 Å². The van der Waals surface area contributed by atoms with Crippen molar-refractivity contribution in [3.05, 3.63) is 53.9 Å². The van der Waals surface area contributed by atoms with E-state index in [-0.39, 0.29) is 24.2 Å². The first-order valence-corrected chi connectivity index (χ1v) is 10.3. The van der Waals surface area contributed by atoms with Gasteiger partial charge >= 0.3 is 6.61 Å². The smallest absolute Gasteiger partial charge is 0.387 e. The maximum absolute atomic E-state index is 12.9. The monoisotopic (exact) mass is 431 g/mol. The second kappa shape index (κ2) is 9.76. The first-order valence-electron chi connectivity index (χ1n) is 10.3. The summed E-state index contributed by atoms with van der Waals surface area (Å²) in [5.74, 6) is 1.40. The number of ether oxygens (including phenoxy) is 2. The molecule has 0 spiro atoms. The molecule has 0 atom stereocenters. The number of hydrogen-bond acceptors (Lipinski definition) is 4. The Kier molecular flexibility index (Phi) is 7.09. The molecule has 1 amide bonds. The van der Waals surface area contributed by atoms with Crippen LogP contribution < -0.4 is 14.4 Å². The number of alkyl halides is 2. The summed E-state index contributed by atoms with van der Waals surface area (Å²) in [5.41, 5.74) is 2.14. The number of imidazole rings is 1. The molecule has 0 saturated carbocycles. The van der Waals surface area contributed by atoms with E-state index in [1.165, 1.54) is 12.1 Å². The van der Waals surface area contributed by atoms with Gasteiger partial charge in [-0.25, -0.2) is 4.98 Å². The van der Waals surface area contributed by atoms with Gasteiger partial charge in [0.2, 0.25) is 5.91 Å². The molecule has 3 aromatic rings. The van der Waals surface area contributed by atoms with Crippen LogP contribution >= 0.6 is 0 Å². The fourth-order valence-corrected chi connectivity index (χ4v) is 3.60. The van der Waals surface area contributed by atoms with Crippen LogP contribution in [0.4, 0.5) is 14.6 Å². The van der Waals surface area contributed by atoms with Crippen molar-refractivity contribution in [1.29, 1.82) is 0 Å². The third kappa shape index (κ3) is 4.95. The summed E-state index contributed by atoms with van der Waals surface area (Å²) >= 11 is 0. The molecular weight excluding hydrogens is 404 g/mol. The topological polar surface area (TPSA) is 56.1 Å². The summed E-state index contributed by atoms with van der Waals surface area (Å²) in [4.78, 5) is 19.2. The molecule has 0 fully saturated rings. The molecule has 0 bridgehead atoms. The predicted octanol–water partition coefficient (Wildman–Crippen LogP) is 5.22. The molecule has 31 heavy (non-hydrogen) atoms. The van der Waals surface area contributed by atoms with Crippen LogP contribution in [0.3, 0.4) is 0 Å². The van der Waals surface area contributed by atoms with Crippen molar-refractivity contribution in [1.82, 2.24) is 9.38 Å². The number of anilines is 1. The fraction of sp³-hybridized carbons (Fsp3) is 0.391. The number of benzene rings is 1. The zero-order valence-corrected chi connectivity index (χ0v) is 18.1. The number of carbonyl (C=O) groups is 1. The van der Waals surface area contributed by atoms with Gasteiger partial charge in [-0.15, -0.1) is 0 Å². The molecule has 0 aliphatic rings. The molecule has 3 rings (SSSR count). The summed E-state index contributed by atoms with van der Waals surface area (Å²) < 4.78 is 36.7. The lowest BCUT2D eigenvalue weighted by atomic mass is 10.0. The number of amides is 1. The maximum Gasteiger partial charge on any atom is 0.387 e. The van der Waals surface area contributed by atoms with Gasteiger partial charge in [0, 0.05) is 19.2 Å². The maximum atomic E-state index is 12.9. The van der Waals surface area contributed by atoms with Crippen LogP contribution in [0.5, 0.6) is 11.5 Å². The molecule has 0 saturated heterocycles. The van der Waals surface area contributed by atoms with Crippen molar-refractivity contribution in [3.63, 3.8) is 0 Å². The third-order valence-corrected chi connectivity index (χ3v) is 5.28. The number of halogens is 2. The minimum atomic E-state index is -2.85. The van der Waals surface area contributed by atoms with Crippen molar-refractivity contribution in [3.8, 4) is 11.5 Å². The van der Waals surface area contributed by atoms with Crippen molar-refractivity contribution in [2.75, 3.05) is 11.9 Å². The number of aromatic nitrogens is 2. The number of rotatable bonds is 9. The lowest BCUT2D eigenvalue weighted by molar-refractivity contribution is -0.122. The van der Waals surface area contributed by atoms with Gasteiger partial charge in [-0.05, 0) is 49.6 Å². The Morgan fingerprint density at radius 1 is 1.16 bits per heavy atom. The van der Waals surface area contributed by atoms with Crippen molar-refractivity contribution in [2.45, 2.75) is 46.8 Å². The number of hydrogen-bond donors (Lipinski definition) is 0. The molecule has 0 unspecified atom stereocenters. The predicted molar refractivity (Wildman–Crippen MR) is 115 cm³/mol.